The van der Waals surface area contributed by atoms with Crippen LogP contribution >= 0.6 is 0 Å². The van der Waals surface area contributed by atoms with E-state index in [-0.39, 0.29) is 23.4 Å². The van der Waals surface area contributed by atoms with Crippen LogP contribution in [0, 0.1) is 0 Å². The Balaban J connectivity index is 1.90. The molecule has 15 heteroatoms. The van der Waals surface area contributed by atoms with Crippen molar-refractivity contribution in [3.8, 4) is 5.82 Å². The first kappa shape index (κ1) is 26.6. The molecule has 0 aliphatic heterocycles. The number of amides is 2. The first-order valence-electron chi connectivity index (χ1n) is 10.3. The van der Waals surface area contributed by atoms with Crippen molar-refractivity contribution < 1.29 is 35.9 Å². The molecule has 36 heavy (non-hydrogen) atoms. The number of nitrogens with one attached hydrogen (secondary N) is 1. The number of nitrogens with zero attached hydrogens (tertiary/aromatic N) is 6. The van der Waals surface area contributed by atoms with Gasteiger partial charge < -0.3 is 10.2 Å². The Morgan fingerprint density at radius 3 is 2.14 bits per heavy atom. The summed E-state index contributed by atoms with van der Waals surface area (Å²) in [4.78, 5) is 38.4. The summed E-state index contributed by atoms with van der Waals surface area (Å²) in [5.74, 6) is -1.44. The molecule has 2 aromatic heterocycles. The summed E-state index contributed by atoms with van der Waals surface area (Å²) < 4.78 is 79.9. The number of alkyl halides is 6. The Morgan fingerprint density at radius 1 is 0.972 bits per heavy atom. The van der Waals surface area contributed by atoms with Gasteiger partial charge in [-0.1, -0.05) is 0 Å². The fourth-order valence-corrected chi connectivity index (χ4v) is 3.07. The maximum Gasteiger partial charge on any atom is 0.416 e. The Morgan fingerprint density at radius 2 is 1.58 bits per heavy atom. The van der Waals surface area contributed by atoms with Gasteiger partial charge in [0.2, 0.25) is 0 Å². The van der Waals surface area contributed by atoms with Gasteiger partial charge in [0, 0.05) is 25.2 Å². The topological polar surface area (TPSA) is 106 Å². The van der Waals surface area contributed by atoms with Gasteiger partial charge in [-0.25, -0.2) is 15.0 Å². The van der Waals surface area contributed by atoms with Gasteiger partial charge in [-0.3, -0.25) is 9.59 Å². The summed E-state index contributed by atoms with van der Waals surface area (Å²) >= 11 is 0. The molecule has 3 rings (SSSR count). The normalized spacial score (nSPS) is 12.8. The van der Waals surface area contributed by atoms with Crippen LogP contribution in [-0.4, -0.2) is 55.0 Å². The van der Waals surface area contributed by atoms with E-state index in [4.69, 9.17) is 0 Å². The Hall–Kier alpha value is -4.04. The van der Waals surface area contributed by atoms with E-state index in [2.05, 4.69) is 25.4 Å². The summed E-state index contributed by atoms with van der Waals surface area (Å²) in [6, 6.07) is 0.879. The Kier molecular flexibility index (Phi) is 7.31. The molecule has 0 radical (unpaired) electrons. The Bertz CT molecular complexity index is 1240. The average Bonchev–Trinajstić information content (AvgIpc) is 3.32. The van der Waals surface area contributed by atoms with Crippen LogP contribution in [0.3, 0.4) is 0 Å². The van der Waals surface area contributed by atoms with Crippen LogP contribution in [-0.2, 0) is 12.4 Å². The molecular weight excluding hydrogens is 496 g/mol. The van der Waals surface area contributed by atoms with Crippen molar-refractivity contribution in [2.24, 2.45) is 0 Å². The van der Waals surface area contributed by atoms with Crippen LogP contribution in [0.5, 0.6) is 0 Å². The zero-order valence-electron chi connectivity index (χ0n) is 19.0. The summed E-state index contributed by atoms with van der Waals surface area (Å²) in [5, 5.41) is 6.30. The summed E-state index contributed by atoms with van der Waals surface area (Å²) in [7, 11) is 1.57. The molecule has 0 fully saturated rings. The van der Waals surface area contributed by atoms with E-state index in [1.54, 1.807) is 14.0 Å². The van der Waals surface area contributed by atoms with Gasteiger partial charge in [-0.15, -0.1) is 0 Å². The van der Waals surface area contributed by atoms with Gasteiger partial charge in [-0.05, 0) is 32.0 Å². The first-order valence-corrected chi connectivity index (χ1v) is 10.3. The average molecular weight is 515 g/mol. The first-order chi connectivity index (χ1) is 16.7. The van der Waals surface area contributed by atoms with E-state index >= 15 is 0 Å². The zero-order valence-corrected chi connectivity index (χ0v) is 19.0. The third-order valence-corrected chi connectivity index (χ3v) is 5.07. The van der Waals surface area contributed by atoms with Crippen molar-refractivity contribution in [3.63, 3.8) is 0 Å². The van der Waals surface area contributed by atoms with Crippen molar-refractivity contribution in [1.82, 2.24) is 34.9 Å². The second-order valence-corrected chi connectivity index (χ2v) is 7.60. The maximum atomic E-state index is 13.1. The van der Waals surface area contributed by atoms with E-state index in [1.807, 2.05) is 0 Å². The molecule has 2 heterocycles. The highest BCUT2D eigenvalue weighted by atomic mass is 19.4. The number of halogens is 6. The maximum absolute atomic E-state index is 13.1. The lowest BCUT2D eigenvalue weighted by atomic mass is 10.0. The van der Waals surface area contributed by atoms with Crippen LogP contribution in [0.2, 0.25) is 0 Å². The van der Waals surface area contributed by atoms with Crippen LogP contribution in [0.15, 0.2) is 36.9 Å². The van der Waals surface area contributed by atoms with Crippen LogP contribution in [0.25, 0.3) is 5.82 Å². The number of aromatic nitrogens is 5. The molecule has 1 N–H and O–H groups in total. The molecule has 0 bridgehead atoms. The molecule has 0 saturated heterocycles. The van der Waals surface area contributed by atoms with E-state index < -0.39 is 46.9 Å². The van der Waals surface area contributed by atoms with Gasteiger partial charge in [0.15, 0.2) is 11.6 Å². The van der Waals surface area contributed by atoms with Crippen molar-refractivity contribution in [2.45, 2.75) is 32.2 Å². The van der Waals surface area contributed by atoms with Gasteiger partial charge in [0.1, 0.15) is 18.3 Å². The summed E-state index contributed by atoms with van der Waals surface area (Å²) in [5.41, 5.74) is -4.03. The van der Waals surface area contributed by atoms with Gasteiger partial charge in [0.05, 0.1) is 17.2 Å². The van der Waals surface area contributed by atoms with E-state index in [9.17, 15) is 35.9 Å². The van der Waals surface area contributed by atoms with Crippen LogP contribution in [0.1, 0.15) is 57.7 Å². The molecule has 0 unspecified atom stereocenters. The summed E-state index contributed by atoms with van der Waals surface area (Å²) in [6.45, 7) is 3.58. The SMILES string of the molecule is CCN(C)C(=O)c1cc(-n2ncnc2[C@H](C)NC(=O)c2cc(C(F)(F)F)cc(C(F)(F)F)c2)ncn1. The minimum absolute atomic E-state index is 0.0473. The second-order valence-electron chi connectivity index (χ2n) is 7.60. The number of benzene rings is 1. The largest absolute Gasteiger partial charge is 0.416 e. The van der Waals surface area contributed by atoms with E-state index in [0.717, 1.165) is 17.3 Å². The molecule has 192 valence electrons. The molecule has 1 atom stereocenters. The predicted octanol–water partition coefficient (Wildman–Crippen LogP) is 3.68. The minimum Gasteiger partial charge on any atom is -0.342 e. The van der Waals surface area contributed by atoms with E-state index in [0.29, 0.717) is 18.7 Å². The molecular formula is C21H19F6N7O2. The van der Waals surface area contributed by atoms with E-state index in [1.165, 1.54) is 17.9 Å². The monoisotopic (exact) mass is 515 g/mol. The lowest BCUT2D eigenvalue weighted by Crippen LogP contribution is -2.30. The highest BCUT2D eigenvalue weighted by Gasteiger charge is 2.37. The predicted molar refractivity (Wildman–Crippen MR) is 112 cm³/mol. The van der Waals surface area contributed by atoms with Crippen LogP contribution < -0.4 is 5.32 Å². The zero-order chi connectivity index (χ0) is 26.8. The standard InChI is InChI=1S/C21H19F6N7O2/c1-4-33(3)19(36)15-8-16(29-9-28-15)34-17(30-10-31-34)11(2)32-18(35)12-5-13(20(22,23)24)7-14(6-12)21(25,26)27/h5-11H,4H2,1-3H3,(H,32,35)/t11-/m0/s1. The quantitative estimate of drug-likeness (QED) is 0.503. The van der Waals surface area contributed by atoms with Crippen LogP contribution in [0.4, 0.5) is 26.3 Å². The van der Waals surface area contributed by atoms with Gasteiger partial charge >= 0.3 is 12.4 Å². The highest BCUT2D eigenvalue weighted by Crippen LogP contribution is 2.36. The lowest BCUT2D eigenvalue weighted by molar-refractivity contribution is -0.143. The number of hydrogen-bond acceptors (Lipinski definition) is 6. The third kappa shape index (κ3) is 5.78. The Labute approximate surface area is 200 Å². The fraction of sp³-hybridized carbons (Fsp3) is 0.333. The molecule has 9 nitrogen and oxygen atoms in total. The van der Waals surface area contributed by atoms with Gasteiger partial charge in [-0.2, -0.15) is 36.1 Å². The molecule has 3 aromatic rings. The third-order valence-electron chi connectivity index (χ3n) is 5.07. The molecule has 1 aromatic carbocycles. The minimum atomic E-state index is -5.10. The van der Waals surface area contributed by atoms with Crippen molar-refractivity contribution in [2.75, 3.05) is 13.6 Å². The number of hydrogen-bond donors (Lipinski definition) is 1. The molecule has 0 aliphatic carbocycles. The highest BCUT2D eigenvalue weighted by molar-refractivity contribution is 5.95. The second kappa shape index (κ2) is 9.91. The van der Waals surface area contributed by atoms with Gasteiger partial charge in [0.25, 0.3) is 11.8 Å². The number of carbonyl (C=O) groups is 2. The smallest absolute Gasteiger partial charge is 0.342 e. The molecule has 0 aliphatic rings. The molecule has 0 spiro atoms. The van der Waals surface area contributed by atoms with Crippen molar-refractivity contribution in [3.05, 3.63) is 65.1 Å². The number of rotatable bonds is 6. The summed E-state index contributed by atoms with van der Waals surface area (Å²) in [6.07, 6.45) is -7.99. The lowest BCUT2D eigenvalue weighted by Gasteiger charge is -2.17. The molecule has 2 amide bonds. The number of carbonyl (C=O) groups excluding carboxylic acids is 2. The molecule has 0 saturated carbocycles. The van der Waals surface area contributed by atoms with Crippen molar-refractivity contribution >= 4 is 11.8 Å². The fourth-order valence-electron chi connectivity index (χ4n) is 3.07. The van der Waals surface area contributed by atoms with Crippen molar-refractivity contribution in [1.29, 1.82) is 0 Å².